The summed E-state index contributed by atoms with van der Waals surface area (Å²) in [5.41, 5.74) is -0.189. The van der Waals surface area contributed by atoms with Crippen LogP contribution in [-0.4, -0.2) is 29.5 Å². The zero-order valence-corrected chi connectivity index (χ0v) is 7.75. The van der Waals surface area contributed by atoms with Crippen LogP contribution in [-0.2, 0) is 0 Å². The molecule has 0 bridgehead atoms. The van der Waals surface area contributed by atoms with Crippen molar-refractivity contribution in [1.29, 1.82) is 0 Å². The highest BCUT2D eigenvalue weighted by atomic mass is 16.6. The van der Waals surface area contributed by atoms with Gasteiger partial charge in [-0.2, -0.15) is 0 Å². The van der Waals surface area contributed by atoms with Gasteiger partial charge in [0.25, 0.3) is 0 Å². The van der Waals surface area contributed by atoms with Gasteiger partial charge in [-0.25, -0.2) is 0 Å². The fourth-order valence-electron chi connectivity index (χ4n) is 1.08. The van der Waals surface area contributed by atoms with Crippen LogP contribution in [0.4, 0.5) is 5.69 Å². The summed E-state index contributed by atoms with van der Waals surface area (Å²) in [4.78, 5) is 20.6. The number of nitro benzene ring substituents is 1. The zero-order chi connectivity index (χ0) is 11.3. The molecule has 0 atom stereocenters. The summed E-state index contributed by atoms with van der Waals surface area (Å²) in [5.74, 6) is -0.105. The average molecular weight is 211 g/mol. The van der Waals surface area contributed by atoms with Crippen LogP contribution in [0.3, 0.4) is 0 Å². The number of aliphatic hydroxyl groups is 1. The van der Waals surface area contributed by atoms with Crippen molar-refractivity contribution in [2.45, 2.75) is 0 Å². The minimum Gasteiger partial charge on any atom is -0.484 e. The molecule has 1 rings (SSSR count). The van der Waals surface area contributed by atoms with Crippen molar-refractivity contribution in [2.75, 3.05) is 13.2 Å². The summed E-state index contributed by atoms with van der Waals surface area (Å²) < 4.78 is 4.95. The molecule has 6 nitrogen and oxygen atoms in total. The molecule has 80 valence electrons. The summed E-state index contributed by atoms with van der Waals surface area (Å²) in [6.45, 7) is -0.365. The number of hydrogen-bond donors (Lipinski definition) is 1. The molecule has 0 radical (unpaired) electrons. The minimum atomic E-state index is -0.639. The van der Waals surface area contributed by atoms with Gasteiger partial charge in [0.15, 0.2) is 6.29 Å². The molecule has 1 aromatic rings. The number of aldehydes is 1. The van der Waals surface area contributed by atoms with Crippen LogP contribution in [0.2, 0.25) is 0 Å². The quantitative estimate of drug-likeness (QED) is 0.441. The van der Waals surface area contributed by atoms with Gasteiger partial charge in [-0.15, -0.1) is 0 Å². The Morgan fingerprint density at radius 3 is 2.80 bits per heavy atom. The molecule has 0 spiro atoms. The summed E-state index contributed by atoms with van der Waals surface area (Å²) in [7, 11) is 0. The maximum atomic E-state index is 10.6. The highest BCUT2D eigenvalue weighted by Crippen LogP contribution is 2.29. The fourth-order valence-corrected chi connectivity index (χ4v) is 1.08. The molecule has 1 aromatic carbocycles. The van der Waals surface area contributed by atoms with Crippen molar-refractivity contribution >= 4 is 12.0 Å². The van der Waals surface area contributed by atoms with Crippen LogP contribution in [0, 0.1) is 10.1 Å². The van der Waals surface area contributed by atoms with Crippen molar-refractivity contribution in [3.05, 3.63) is 33.9 Å². The number of carbonyl (C=O) groups is 1. The molecule has 0 aliphatic rings. The van der Waals surface area contributed by atoms with Crippen LogP contribution >= 0.6 is 0 Å². The smallest absolute Gasteiger partial charge is 0.311 e. The van der Waals surface area contributed by atoms with Crippen molar-refractivity contribution < 1.29 is 19.6 Å². The lowest BCUT2D eigenvalue weighted by molar-refractivity contribution is -0.385. The van der Waals surface area contributed by atoms with Crippen molar-refractivity contribution in [2.24, 2.45) is 0 Å². The Labute approximate surface area is 85.2 Å². The molecule has 0 heterocycles. The van der Waals surface area contributed by atoms with E-state index >= 15 is 0 Å². The maximum Gasteiger partial charge on any atom is 0.311 e. The van der Waals surface area contributed by atoms with Gasteiger partial charge in [0.2, 0.25) is 5.75 Å². The first-order valence-electron chi connectivity index (χ1n) is 4.17. The van der Waals surface area contributed by atoms with Gasteiger partial charge in [0, 0.05) is 6.07 Å². The molecule has 0 saturated carbocycles. The van der Waals surface area contributed by atoms with Gasteiger partial charge < -0.3 is 9.84 Å². The first-order valence-corrected chi connectivity index (χ1v) is 4.17. The Morgan fingerprint density at radius 1 is 1.53 bits per heavy atom. The van der Waals surface area contributed by atoms with Crippen LogP contribution < -0.4 is 4.74 Å². The first kappa shape index (κ1) is 11.1. The lowest BCUT2D eigenvalue weighted by Crippen LogP contribution is -2.06. The van der Waals surface area contributed by atoms with Crippen LogP contribution in [0.1, 0.15) is 10.4 Å². The van der Waals surface area contributed by atoms with E-state index < -0.39 is 4.92 Å². The van der Waals surface area contributed by atoms with Crippen LogP contribution in [0.25, 0.3) is 0 Å². The van der Waals surface area contributed by atoms with Crippen molar-refractivity contribution in [1.82, 2.24) is 0 Å². The largest absolute Gasteiger partial charge is 0.484 e. The predicted octanol–water partition coefficient (Wildman–Crippen LogP) is 0.778. The third-order valence-corrected chi connectivity index (χ3v) is 1.69. The second-order valence-corrected chi connectivity index (χ2v) is 2.64. The molecular formula is C9H9NO5. The predicted molar refractivity (Wildman–Crippen MR) is 51.1 cm³/mol. The molecule has 0 aliphatic heterocycles. The third kappa shape index (κ3) is 2.50. The number of rotatable bonds is 5. The normalized spacial score (nSPS) is 9.67. The highest BCUT2D eigenvalue weighted by Gasteiger charge is 2.18. The van der Waals surface area contributed by atoms with Gasteiger partial charge in [-0.3, -0.25) is 14.9 Å². The molecule has 15 heavy (non-hydrogen) atoms. The summed E-state index contributed by atoms with van der Waals surface area (Å²) in [5, 5.41) is 19.1. The first-order chi connectivity index (χ1) is 7.20. The summed E-state index contributed by atoms with van der Waals surface area (Å²) in [6.07, 6.45) is 0.472. The minimum absolute atomic E-state index is 0.0916. The Kier molecular flexibility index (Phi) is 3.75. The van der Waals surface area contributed by atoms with Gasteiger partial charge in [-0.1, -0.05) is 6.07 Å². The monoisotopic (exact) mass is 211 g/mol. The SMILES string of the molecule is O=Cc1cccc([N+](=O)[O-])c1OCCO. The highest BCUT2D eigenvalue weighted by molar-refractivity contribution is 5.82. The van der Waals surface area contributed by atoms with Crippen LogP contribution in [0.15, 0.2) is 18.2 Å². The van der Waals surface area contributed by atoms with Gasteiger partial charge in [0.1, 0.15) is 6.61 Å². The molecule has 0 saturated heterocycles. The number of benzene rings is 1. The van der Waals surface area contributed by atoms with E-state index in [9.17, 15) is 14.9 Å². The third-order valence-electron chi connectivity index (χ3n) is 1.69. The molecule has 1 N–H and O–H groups in total. The van der Waals surface area contributed by atoms with Gasteiger partial charge >= 0.3 is 5.69 Å². The van der Waals surface area contributed by atoms with Crippen LogP contribution in [0.5, 0.6) is 5.75 Å². The van der Waals surface area contributed by atoms with E-state index in [0.29, 0.717) is 6.29 Å². The Hall–Kier alpha value is -1.95. The second-order valence-electron chi connectivity index (χ2n) is 2.64. The average Bonchev–Trinajstić information content (AvgIpc) is 2.25. The number of hydrogen-bond acceptors (Lipinski definition) is 5. The number of ether oxygens (including phenoxy) is 1. The lowest BCUT2D eigenvalue weighted by atomic mass is 10.2. The van der Waals surface area contributed by atoms with Crippen molar-refractivity contribution in [3.8, 4) is 5.75 Å². The van der Waals surface area contributed by atoms with E-state index in [1.807, 2.05) is 0 Å². The number of nitrogens with zero attached hydrogens (tertiary/aromatic N) is 1. The summed E-state index contributed by atoms with van der Waals surface area (Å²) >= 11 is 0. The van der Waals surface area contributed by atoms with E-state index in [0.717, 1.165) is 0 Å². The molecule has 0 aliphatic carbocycles. The molecule has 0 unspecified atom stereocenters. The standard InChI is InChI=1S/C9H9NO5/c11-4-5-15-9-7(6-12)2-1-3-8(9)10(13)14/h1-3,6,11H,4-5H2. The fraction of sp³-hybridized carbons (Fsp3) is 0.222. The Morgan fingerprint density at radius 2 is 2.27 bits per heavy atom. The van der Waals surface area contributed by atoms with E-state index in [4.69, 9.17) is 9.84 Å². The molecule has 0 amide bonds. The number of para-hydroxylation sites is 1. The Balaban J connectivity index is 3.14. The molecule has 0 aromatic heterocycles. The number of aliphatic hydroxyl groups excluding tert-OH is 1. The van der Waals surface area contributed by atoms with E-state index in [1.165, 1.54) is 18.2 Å². The van der Waals surface area contributed by atoms with E-state index in [-0.39, 0.29) is 30.2 Å². The van der Waals surface area contributed by atoms with Crippen molar-refractivity contribution in [3.63, 3.8) is 0 Å². The summed E-state index contributed by atoms with van der Waals surface area (Å²) in [6, 6.07) is 4.04. The van der Waals surface area contributed by atoms with E-state index in [2.05, 4.69) is 0 Å². The zero-order valence-electron chi connectivity index (χ0n) is 7.75. The molecular weight excluding hydrogens is 202 g/mol. The van der Waals surface area contributed by atoms with E-state index in [1.54, 1.807) is 0 Å². The maximum absolute atomic E-state index is 10.6. The topological polar surface area (TPSA) is 89.7 Å². The van der Waals surface area contributed by atoms with Gasteiger partial charge in [-0.05, 0) is 6.07 Å². The number of carbonyl (C=O) groups excluding carboxylic acids is 1. The Bertz CT molecular complexity index is 377. The lowest BCUT2D eigenvalue weighted by Gasteiger charge is -2.06. The second kappa shape index (κ2) is 5.06. The molecule has 0 fully saturated rings. The number of nitro groups is 1. The van der Waals surface area contributed by atoms with Gasteiger partial charge in [0.05, 0.1) is 17.1 Å². The molecule has 6 heteroatoms.